The first kappa shape index (κ1) is 27.2. The van der Waals surface area contributed by atoms with Gasteiger partial charge in [-0.15, -0.1) is 0 Å². The van der Waals surface area contributed by atoms with Crippen LogP contribution in [0.2, 0.25) is 0 Å². The average Bonchev–Trinajstić information content (AvgIpc) is 2.86. The predicted octanol–water partition coefficient (Wildman–Crippen LogP) is 0.923. The summed E-state index contributed by atoms with van der Waals surface area (Å²) in [6, 6.07) is 4.71. The smallest absolute Gasteiger partial charge is 0.386 e. The van der Waals surface area contributed by atoms with E-state index in [1.54, 1.807) is 12.1 Å². The van der Waals surface area contributed by atoms with Gasteiger partial charge in [-0.05, 0) is 31.0 Å². The van der Waals surface area contributed by atoms with Crippen LogP contribution in [0.5, 0.6) is 0 Å². The van der Waals surface area contributed by atoms with Gasteiger partial charge >= 0.3 is 18.1 Å². The minimum Gasteiger partial charge on any atom is -0.386 e. The Bertz CT molecular complexity index is 1090. The molecule has 1 aromatic rings. The molecule has 35 heavy (non-hydrogen) atoms. The van der Waals surface area contributed by atoms with Crippen molar-refractivity contribution < 1.29 is 37.1 Å². The van der Waals surface area contributed by atoms with Crippen molar-refractivity contribution in [2.24, 2.45) is 16.5 Å². The minimum absolute atomic E-state index is 0.0231. The summed E-state index contributed by atoms with van der Waals surface area (Å²) in [6.45, 7) is -0.347. The van der Waals surface area contributed by atoms with Gasteiger partial charge in [0.05, 0.1) is 17.7 Å². The number of halogens is 3. The number of carbonyl (C=O) groups excluding carboxylic acids is 4. The Hall–Kier alpha value is -4.08. The summed E-state index contributed by atoms with van der Waals surface area (Å²) in [6.07, 6.45) is -3.97. The number of carbonyl (C=O) groups is 4. The van der Waals surface area contributed by atoms with E-state index in [2.05, 4.69) is 21.6 Å². The molecule has 0 unspecified atom stereocenters. The van der Waals surface area contributed by atoms with Crippen molar-refractivity contribution in [3.8, 4) is 11.8 Å². The molecule has 0 aromatic heterocycles. The van der Waals surface area contributed by atoms with E-state index in [0.29, 0.717) is 24.2 Å². The van der Waals surface area contributed by atoms with Crippen LogP contribution in [0.3, 0.4) is 0 Å². The Balaban J connectivity index is 2.09. The normalized spacial score (nSPS) is 13.4. The monoisotopic (exact) mass is 495 g/mol. The van der Waals surface area contributed by atoms with Crippen LogP contribution in [0.4, 0.5) is 18.9 Å². The van der Waals surface area contributed by atoms with E-state index in [4.69, 9.17) is 11.5 Å². The van der Waals surface area contributed by atoms with E-state index in [-0.39, 0.29) is 11.5 Å². The lowest BCUT2D eigenvalue weighted by Gasteiger charge is -2.19. The lowest BCUT2D eigenvalue weighted by Crippen LogP contribution is -2.39. The number of anilines is 1. The molecule has 13 heteroatoms. The van der Waals surface area contributed by atoms with Crippen molar-refractivity contribution in [1.82, 2.24) is 4.90 Å². The van der Waals surface area contributed by atoms with Gasteiger partial charge in [0.15, 0.2) is 5.96 Å². The zero-order valence-corrected chi connectivity index (χ0v) is 18.9. The summed E-state index contributed by atoms with van der Waals surface area (Å²) < 4.78 is 40.5. The van der Waals surface area contributed by atoms with Crippen LogP contribution in [0.1, 0.15) is 41.6 Å². The average molecular weight is 495 g/mol. The number of esters is 2. The molecule has 0 saturated heterocycles. The molecule has 1 aliphatic heterocycles. The Morgan fingerprint density at radius 1 is 1.20 bits per heavy atom. The van der Waals surface area contributed by atoms with Crippen LogP contribution >= 0.6 is 0 Å². The zero-order valence-electron chi connectivity index (χ0n) is 18.9. The highest BCUT2D eigenvalue weighted by molar-refractivity contribution is 6.09. The van der Waals surface area contributed by atoms with Crippen molar-refractivity contribution in [3.63, 3.8) is 0 Å². The van der Waals surface area contributed by atoms with Crippen molar-refractivity contribution >= 4 is 35.4 Å². The number of amides is 2. The lowest BCUT2D eigenvalue weighted by atomic mass is 10.1. The topological polar surface area (TPSA) is 148 Å². The number of ether oxygens (including phenoxy) is 1. The zero-order chi connectivity index (χ0) is 26.2. The third kappa shape index (κ3) is 8.02. The van der Waals surface area contributed by atoms with Crippen LogP contribution in [-0.2, 0) is 19.1 Å². The highest BCUT2D eigenvalue weighted by Crippen LogP contribution is 2.26. The third-order valence-corrected chi connectivity index (χ3v) is 4.84. The second kappa shape index (κ2) is 11.9. The number of fused-ring (bicyclic) bond motifs is 1. The Kier molecular flexibility index (Phi) is 9.21. The first-order valence-corrected chi connectivity index (χ1v) is 10.5. The van der Waals surface area contributed by atoms with Crippen molar-refractivity contribution in [1.29, 1.82) is 0 Å². The van der Waals surface area contributed by atoms with Gasteiger partial charge in [-0.1, -0.05) is 11.8 Å². The van der Waals surface area contributed by atoms with Crippen LogP contribution in [0.15, 0.2) is 23.2 Å². The van der Waals surface area contributed by atoms with Crippen LogP contribution in [-0.4, -0.2) is 67.5 Å². The molecule has 2 rings (SSSR count). The van der Waals surface area contributed by atoms with Gasteiger partial charge in [-0.3, -0.25) is 19.4 Å². The van der Waals surface area contributed by atoms with Crippen LogP contribution in [0, 0.1) is 11.8 Å². The maximum Gasteiger partial charge on any atom is 0.491 e. The molecule has 0 fully saturated rings. The van der Waals surface area contributed by atoms with E-state index < -0.39 is 49.4 Å². The molecule has 10 nitrogen and oxygen atoms in total. The molecular weight excluding hydrogens is 471 g/mol. The van der Waals surface area contributed by atoms with Crippen molar-refractivity contribution in [3.05, 3.63) is 29.3 Å². The van der Waals surface area contributed by atoms with Gasteiger partial charge in [0.2, 0.25) is 5.91 Å². The largest absolute Gasteiger partial charge is 0.491 e. The van der Waals surface area contributed by atoms with Gasteiger partial charge in [-0.25, -0.2) is 4.79 Å². The number of aliphatic imine (C=N–C) groups is 1. The first-order valence-electron chi connectivity index (χ1n) is 10.5. The summed E-state index contributed by atoms with van der Waals surface area (Å²) in [7, 11) is 1.47. The summed E-state index contributed by atoms with van der Waals surface area (Å²) in [5.74, 6) is 0.727. The fourth-order valence-corrected chi connectivity index (χ4v) is 3.04. The number of alkyl halides is 3. The molecule has 0 bridgehead atoms. The molecule has 0 radical (unpaired) electrons. The Labute approximate surface area is 199 Å². The lowest BCUT2D eigenvalue weighted by molar-refractivity contribution is -0.201. The summed E-state index contributed by atoms with van der Waals surface area (Å²) >= 11 is 0. The van der Waals surface area contributed by atoms with Crippen LogP contribution in [0.25, 0.3) is 0 Å². The Morgan fingerprint density at radius 3 is 2.57 bits per heavy atom. The second-order valence-electron chi connectivity index (χ2n) is 7.49. The molecule has 2 amide bonds. The number of unbranched alkanes of at least 4 members (excludes halogenated alkanes) is 2. The number of guanidine groups is 1. The first-order chi connectivity index (χ1) is 16.4. The molecular formula is C22H24F3N5O5. The molecule has 0 saturated carbocycles. The van der Waals surface area contributed by atoms with Gasteiger partial charge in [-0.2, -0.15) is 13.2 Å². The van der Waals surface area contributed by atoms with E-state index in [9.17, 15) is 32.3 Å². The summed E-state index contributed by atoms with van der Waals surface area (Å²) in [5.41, 5.74) is 11.5. The molecule has 0 atom stereocenters. The van der Waals surface area contributed by atoms with E-state index in [0.717, 1.165) is 17.7 Å². The molecule has 1 aromatic carbocycles. The van der Waals surface area contributed by atoms with Gasteiger partial charge in [0.1, 0.15) is 6.54 Å². The molecule has 1 heterocycles. The number of likely N-dealkylation sites (N-methyl/N-ethyl adjacent to an activating group) is 1. The molecule has 4 N–H and O–H groups in total. The third-order valence-electron chi connectivity index (χ3n) is 4.84. The standard InChI is InChI=1S/C22H24F3N5O5/c1-29-16-8-7-14(6-4-2-3-5-10-28-21(26)27)12-15(16)19(33)30(13-17(29)31)11-9-18(32)35-20(34)22(23,24)25/h7-8,12H,2-3,5,9-11,13H2,1H3,(H4,26,27,28). The fourth-order valence-electron chi connectivity index (χ4n) is 3.04. The highest BCUT2D eigenvalue weighted by atomic mass is 19.4. The number of rotatable bonds is 7. The van der Waals surface area contributed by atoms with E-state index >= 15 is 0 Å². The van der Waals surface area contributed by atoms with E-state index in [1.807, 2.05) is 0 Å². The maximum atomic E-state index is 13.0. The minimum atomic E-state index is -5.32. The second-order valence-corrected chi connectivity index (χ2v) is 7.49. The summed E-state index contributed by atoms with van der Waals surface area (Å²) in [4.78, 5) is 54.1. The van der Waals surface area contributed by atoms with Gasteiger partial charge in [0.25, 0.3) is 5.91 Å². The molecule has 188 valence electrons. The number of hydrogen-bond donors (Lipinski definition) is 2. The quantitative estimate of drug-likeness (QED) is 0.143. The van der Waals surface area contributed by atoms with Crippen molar-refractivity contribution in [2.45, 2.75) is 31.9 Å². The highest BCUT2D eigenvalue weighted by Gasteiger charge is 2.42. The number of benzene rings is 1. The number of hydrogen-bond acceptors (Lipinski definition) is 6. The van der Waals surface area contributed by atoms with Crippen LogP contribution < -0.4 is 16.4 Å². The Morgan fingerprint density at radius 2 is 1.91 bits per heavy atom. The van der Waals surface area contributed by atoms with Gasteiger partial charge < -0.3 is 26.0 Å². The molecule has 0 spiro atoms. The fraction of sp³-hybridized carbons (Fsp3) is 0.409. The SMILES string of the molecule is CN1C(=O)CN(CCC(=O)OC(=O)C(F)(F)F)C(=O)c2cc(C#CCCCCN=C(N)N)ccc21. The van der Waals surface area contributed by atoms with Gasteiger partial charge in [0, 0.05) is 32.1 Å². The molecule has 0 aliphatic carbocycles. The van der Waals surface area contributed by atoms with Crippen molar-refractivity contribution in [2.75, 3.05) is 31.6 Å². The number of nitrogens with zero attached hydrogens (tertiary/aromatic N) is 3. The predicted molar refractivity (Wildman–Crippen MR) is 119 cm³/mol. The summed E-state index contributed by atoms with van der Waals surface area (Å²) in [5, 5.41) is 0. The van der Waals surface area contributed by atoms with E-state index in [1.165, 1.54) is 18.0 Å². The number of nitrogens with two attached hydrogens (primary N) is 2. The maximum absolute atomic E-state index is 13.0. The molecule has 1 aliphatic rings.